The number of ketones is 1. The zero-order chi connectivity index (χ0) is 25.5. The standard InChI is InChI=1S/C29H28ClNO4/c1-17-15-21(27(35-5)22(30)16-17)25(32)23-24(18-9-7-6-8-10-18)31(28(34)26(23)33)20-13-11-19(12-14-20)29(2,3)4/h6-16,24,32H,1-5H3/b25-23+. The molecule has 0 radical (unpaired) electrons. The molecule has 5 nitrogen and oxygen atoms in total. The Balaban J connectivity index is 1.95. The van der Waals surface area contributed by atoms with Crippen LogP contribution in [0.1, 0.15) is 49.1 Å². The Hall–Kier alpha value is -3.57. The number of carbonyl (C=O) groups is 2. The van der Waals surface area contributed by atoms with Gasteiger partial charge in [0.15, 0.2) is 0 Å². The lowest BCUT2D eigenvalue weighted by Gasteiger charge is -2.27. The number of nitrogens with zero attached hydrogens (tertiary/aromatic N) is 1. The Bertz CT molecular complexity index is 1320. The second-order valence-electron chi connectivity index (χ2n) is 9.70. The van der Waals surface area contributed by atoms with Gasteiger partial charge >= 0.3 is 0 Å². The molecule has 1 aliphatic heterocycles. The number of anilines is 1. The first-order valence-corrected chi connectivity index (χ1v) is 11.7. The van der Waals surface area contributed by atoms with Gasteiger partial charge in [-0.05, 0) is 53.3 Å². The molecule has 3 aromatic carbocycles. The number of carbonyl (C=O) groups excluding carboxylic acids is 2. The molecular weight excluding hydrogens is 462 g/mol. The van der Waals surface area contributed by atoms with Gasteiger partial charge in [0.2, 0.25) is 0 Å². The highest BCUT2D eigenvalue weighted by atomic mass is 35.5. The summed E-state index contributed by atoms with van der Waals surface area (Å²) in [6, 6.07) is 19.4. The van der Waals surface area contributed by atoms with Crippen LogP contribution in [0.3, 0.4) is 0 Å². The van der Waals surface area contributed by atoms with E-state index >= 15 is 0 Å². The maximum Gasteiger partial charge on any atom is 0.300 e. The molecule has 1 N–H and O–H groups in total. The van der Waals surface area contributed by atoms with Crippen LogP contribution in [0.4, 0.5) is 5.69 Å². The van der Waals surface area contributed by atoms with Crippen molar-refractivity contribution in [3.8, 4) is 5.75 Å². The molecule has 6 heteroatoms. The summed E-state index contributed by atoms with van der Waals surface area (Å²) in [4.78, 5) is 28.2. The third kappa shape index (κ3) is 4.44. The predicted octanol–water partition coefficient (Wildman–Crippen LogP) is 6.58. The number of amides is 1. The third-order valence-corrected chi connectivity index (χ3v) is 6.50. The van der Waals surface area contributed by atoms with E-state index in [1.54, 1.807) is 12.1 Å². The summed E-state index contributed by atoms with van der Waals surface area (Å²) in [6.07, 6.45) is 0. The van der Waals surface area contributed by atoms with E-state index in [0.29, 0.717) is 16.3 Å². The molecule has 0 bridgehead atoms. The molecule has 0 saturated carbocycles. The zero-order valence-electron chi connectivity index (χ0n) is 20.4. The quantitative estimate of drug-likeness (QED) is 0.255. The molecule has 3 aromatic rings. The van der Waals surface area contributed by atoms with E-state index in [9.17, 15) is 14.7 Å². The average molecular weight is 490 g/mol. The molecule has 1 unspecified atom stereocenters. The highest BCUT2D eigenvalue weighted by Gasteiger charge is 2.47. The van der Waals surface area contributed by atoms with Crippen molar-refractivity contribution >= 4 is 34.7 Å². The van der Waals surface area contributed by atoms with E-state index in [1.807, 2.05) is 61.5 Å². The SMILES string of the molecule is COc1c(Cl)cc(C)cc1/C(O)=C1\C(=O)C(=O)N(c2ccc(C(C)(C)C)cc2)C1c1ccccc1. The minimum atomic E-state index is -0.819. The van der Waals surface area contributed by atoms with Crippen molar-refractivity contribution in [3.05, 3.63) is 99.6 Å². The number of benzene rings is 3. The second-order valence-corrected chi connectivity index (χ2v) is 10.1. The van der Waals surface area contributed by atoms with Gasteiger partial charge in [-0.25, -0.2) is 0 Å². The lowest BCUT2D eigenvalue weighted by molar-refractivity contribution is -0.132. The second kappa shape index (κ2) is 9.23. The van der Waals surface area contributed by atoms with Gasteiger partial charge in [-0.3, -0.25) is 14.5 Å². The fourth-order valence-corrected chi connectivity index (χ4v) is 4.78. The van der Waals surface area contributed by atoms with Gasteiger partial charge in [0.25, 0.3) is 11.7 Å². The topological polar surface area (TPSA) is 66.8 Å². The van der Waals surface area contributed by atoms with Gasteiger partial charge in [-0.2, -0.15) is 0 Å². The van der Waals surface area contributed by atoms with Crippen LogP contribution in [0.2, 0.25) is 5.02 Å². The maximum absolute atomic E-state index is 13.4. The summed E-state index contributed by atoms with van der Waals surface area (Å²) in [7, 11) is 1.44. The van der Waals surface area contributed by atoms with Gasteiger partial charge in [-0.15, -0.1) is 0 Å². The molecule has 1 aliphatic rings. The number of hydrogen-bond acceptors (Lipinski definition) is 4. The molecule has 1 fully saturated rings. The molecule has 0 aromatic heterocycles. The molecule has 35 heavy (non-hydrogen) atoms. The largest absolute Gasteiger partial charge is 0.507 e. The Morgan fingerprint density at radius 3 is 2.20 bits per heavy atom. The molecule has 4 rings (SSSR count). The molecule has 1 heterocycles. The summed E-state index contributed by atoms with van der Waals surface area (Å²) >= 11 is 6.36. The Morgan fingerprint density at radius 2 is 1.63 bits per heavy atom. The molecule has 1 atom stereocenters. The first-order chi connectivity index (χ1) is 16.5. The van der Waals surface area contributed by atoms with E-state index in [2.05, 4.69) is 20.8 Å². The van der Waals surface area contributed by atoms with Crippen LogP contribution in [-0.2, 0) is 15.0 Å². The number of halogens is 1. The van der Waals surface area contributed by atoms with Crippen LogP contribution < -0.4 is 9.64 Å². The minimum absolute atomic E-state index is 0.0129. The Morgan fingerprint density at radius 1 is 1.00 bits per heavy atom. The van der Waals surface area contributed by atoms with Gasteiger partial charge in [0.05, 0.1) is 29.3 Å². The third-order valence-electron chi connectivity index (χ3n) is 6.22. The summed E-state index contributed by atoms with van der Waals surface area (Å²) in [5.74, 6) is -1.56. The number of hydrogen-bond donors (Lipinski definition) is 1. The van der Waals surface area contributed by atoms with E-state index < -0.39 is 17.7 Å². The monoisotopic (exact) mass is 489 g/mol. The first kappa shape index (κ1) is 24.6. The number of rotatable bonds is 4. The summed E-state index contributed by atoms with van der Waals surface area (Å²) in [5, 5.41) is 11.8. The molecular formula is C29H28ClNO4. The highest BCUT2D eigenvalue weighted by Crippen LogP contribution is 2.44. The average Bonchev–Trinajstić information content (AvgIpc) is 3.08. The van der Waals surface area contributed by atoms with Gasteiger partial charge < -0.3 is 9.84 Å². The van der Waals surface area contributed by atoms with Crippen LogP contribution in [0.5, 0.6) is 5.75 Å². The summed E-state index contributed by atoms with van der Waals surface area (Å²) < 4.78 is 5.44. The van der Waals surface area contributed by atoms with Crippen molar-refractivity contribution in [3.63, 3.8) is 0 Å². The molecule has 1 saturated heterocycles. The minimum Gasteiger partial charge on any atom is -0.507 e. The van der Waals surface area contributed by atoms with Crippen molar-refractivity contribution in [2.75, 3.05) is 12.0 Å². The number of aliphatic hydroxyl groups excluding tert-OH is 1. The fourth-order valence-electron chi connectivity index (χ4n) is 4.43. The summed E-state index contributed by atoms with van der Waals surface area (Å²) in [5.41, 5.74) is 3.34. The van der Waals surface area contributed by atoms with Crippen LogP contribution in [0.15, 0.2) is 72.3 Å². The lowest BCUT2D eigenvalue weighted by Crippen LogP contribution is -2.29. The molecule has 0 aliphatic carbocycles. The number of aliphatic hydroxyl groups is 1. The number of Topliss-reactive ketones (excluding diaryl/α,β-unsaturated/α-hetero) is 1. The Kier molecular flexibility index (Phi) is 6.48. The van der Waals surface area contributed by atoms with Crippen molar-refractivity contribution in [2.24, 2.45) is 0 Å². The van der Waals surface area contributed by atoms with Crippen LogP contribution in [0.25, 0.3) is 5.76 Å². The van der Waals surface area contributed by atoms with Crippen LogP contribution >= 0.6 is 11.6 Å². The highest BCUT2D eigenvalue weighted by molar-refractivity contribution is 6.51. The Labute approximate surface area is 210 Å². The number of aryl methyl sites for hydroxylation is 1. The predicted molar refractivity (Wildman–Crippen MR) is 139 cm³/mol. The smallest absolute Gasteiger partial charge is 0.300 e. The van der Waals surface area contributed by atoms with Crippen molar-refractivity contribution < 1.29 is 19.4 Å². The number of methoxy groups -OCH3 is 1. The van der Waals surface area contributed by atoms with E-state index in [1.165, 1.54) is 12.0 Å². The van der Waals surface area contributed by atoms with Gasteiger partial charge in [-0.1, -0.05) is 74.8 Å². The summed E-state index contributed by atoms with van der Waals surface area (Å²) in [6.45, 7) is 8.15. The van der Waals surface area contributed by atoms with Crippen LogP contribution in [-0.4, -0.2) is 23.9 Å². The zero-order valence-corrected chi connectivity index (χ0v) is 21.2. The maximum atomic E-state index is 13.4. The van der Waals surface area contributed by atoms with Gasteiger partial charge in [0.1, 0.15) is 11.5 Å². The van der Waals surface area contributed by atoms with Crippen molar-refractivity contribution in [1.82, 2.24) is 0 Å². The van der Waals surface area contributed by atoms with Crippen LogP contribution in [0, 0.1) is 6.92 Å². The first-order valence-electron chi connectivity index (χ1n) is 11.4. The van der Waals surface area contributed by atoms with E-state index in [-0.39, 0.29) is 28.1 Å². The van der Waals surface area contributed by atoms with E-state index in [0.717, 1.165) is 11.1 Å². The fraction of sp³-hybridized carbons (Fsp3) is 0.241. The number of ether oxygens (including phenoxy) is 1. The lowest BCUT2D eigenvalue weighted by atomic mass is 9.87. The normalized spacial score (nSPS) is 17.7. The van der Waals surface area contributed by atoms with Crippen molar-refractivity contribution in [1.29, 1.82) is 0 Å². The van der Waals surface area contributed by atoms with Gasteiger partial charge in [0, 0.05) is 5.69 Å². The molecule has 1 amide bonds. The van der Waals surface area contributed by atoms with Crippen molar-refractivity contribution in [2.45, 2.75) is 39.2 Å². The molecule has 0 spiro atoms. The van der Waals surface area contributed by atoms with E-state index in [4.69, 9.17) is 16.3 Å². The molecule has 180 valence electrons.